The molecular weight excluding hydrogens is 482 g/mol. The van der Waals surface area contributed by atoms with Crippen molar-refractivity contribution >= 4 is 0 Å². The third kappa shape index (κ3) is 7.95. The Hall–Kier alpha value is -1.70. The Kier molecular flexibility index (Phi) is 11.5. The second-order valence-corrected chi connectivity index (χ2v) is 13.2. The Labute approximate surface area is 238 Å². The fraction of sp³-hybridized carbons (Fsp3) is 0.676. The van der Waals surface area contributed by atoms with Crippen molar-refractivity contribution in [2.75, 3.05) is 0 Å². The maximum absolute atomic E-state index is 13.1. The van der Waals surface area contributed by atoms with Crippen LogP contribution in [0.3, 0.4) is 0 Å². The van der Waals surface area contributed by atoms with E-state index in [1.54, 1.807) is 56.7 Å². The van der Waals surface area contributed by atoms with E-state index < -0.39 is 11.6 Å². The number of halogens is 2. The molecule has 3 fully saturated rings. The van der Waals surface area contributed by atoms with Crippen LogP contribution in [0, 0.1) is 48.1 Å². The van der Waals surface area contributed by atoms with Crippen LogP contribution >= 0.6 is 0 Å². The first-order valence-corrected chi connectivity index (χ1v) is 16.5. The van der Waals surface area contributed by atoms with Gasteiger partial charge in [0.15, 0.2) is 11.6 Å². The number of hydrogen-bond acceptors (Lipinski definition) is 0. The molecule has 3 saturated carbocycles. The van der Waals surface area contributed by atoms with Gasteiger partial charge in [-0.1, -0.05) is 82.9 Å². The lowest BCUT2D eigenvalue weighted by Gasteiger charge is -2.45. The number of fused-ring (bicyclic) bond motifs is 1. The zero-order valence-corrected chi connectivity index (χ0v) is 25.3. The van der Waals surface area contributed by atoms with E-state index in [1.807, 2.05) is 6.92 Å². The molecule has 3 aliphatic rings. The zero-order valence-electron chi connectivity index (χ0n) is 25.3. The van der Waals surface area contributed by atoms with Crippen molar-refractivity contribution in [3.63, 3.8) is 0 Å². The molecule has 0 spiro atoms. The van der Waals surface area contributed by atoms with Crippen LogP contribution < -0.4 is 0 Å². The maximum Gasteiger partial charge on any atom is 0.162 e. The topological polar surface area (TPSA) is 0 Å². The molecule has 0 nitrogen and oxygen atoms in total. The van der Waals surface area contributed by atoms with Gasteiger partial charge < -0.3 is 0 Å². The lowest BCUT2D eigenvalue weighted by molar-refractivity contribution is 0.0629. The highest BCUT2D eigenvalue weighted by molar-refractivity contribution is 5.26. The van der Waals surface area contributed by atoms with Crippen molar-refractivity contribution in [2.45, 2.75) is 130 Å². The third-order valence-corrected chi connectivity index (χ3v) is 10.6. The van der Waals surface area contributed by atoms with Gasteiger partial charge in [-0.05, 0) is 135 Å². The van der Waals surface area contributed by atoms with E-state index in [9.17, 15) is 8.78 Å². The van der Waals surface area contributed by atoms with Crippen LogP contribution in [0.2, 0.25) is 0 Å². The summed E-state index contributed by atoms with van der Waals surface area (Å²) in [6.07, 6.45) is 20.6. The van der Waals surface area contributed by atoms with Crippen LogP contribution in [-0.4, -0.2) is 0 Å². The zero-order chi connectivity index (χ0) is 27.8. The third-order valence-electron chi connectivity index (χ3n) is 10.6. The first-order chi connectivity index (χ1) is 18.9. The predicted molar refractivity (Wildman–Crippen MR) is 162 cm³/mol. The molecule has 0 aliphatic heterocycles. The second kappa shape index (κ2) is 14.8. The fourth-order valence-electron chi connectivity index (χ4n) is 8.14. The molecule has 0 bridgehead atoms. The van der Waals surface area contributed by atoms with Crippen LogP contribution in [0.15, 0.2) is 36.4 Å². The number of rotatable bonds is 7. The summed E-state index contributed by atoms with van der Waals surface area (Å²) in [5.41, 5.74) is 3.98. The predicted octanol–water partition coefficient (Wildman–Crippen LogP) is 11.4. The van der Waals surface area contributed by atoms with E-state index in [4.69, 9.17) is 0 Å². The van der Waals surface area contributed by atoms with Gasteiger partial charge in [0.25, 0.3) is 0 Å². The average molecular weight is 537 g/mol. The smallest absolute Gasteiger partial charge is 0.162 e. The van der Waals surface area contributed by atoms with Gasteiger partial charge in [0.2, 0.25) is 0 Å². The summed E-state index contributed by atoms with van der Waals surface area (Å²) in [7, 11) is 0. The van der Waals surface area contributed by atoms with Crippen molar-refractivity contribution < 1.29 is 8.78 Å². The maximum atomic E-state index is 13.1. The van der Waals surface area contributed by atoms with Crippen LogP contribution in [0.25, 0.3) is 0 Å². The van der Waals surface area contributed by atoms with Gasteiger partial charge in [-0.2, -0.15) is 0 Å². The number of benzene rings is 2. The summed E-state index contributed by atoms with van der Waals surface area (Å²) < 4.78 is 26.0. The van der Waals surface area contributed by atoms with Crippen molar-refractivity contribution in [2.24, 2.45) is 29.6 Å². The Morgan fingerprint density at radius 1 is 0.615 bits per heavy atom. The molecular formula is C37H54F2. The standard InChI is InChI=1S/C27H42.C10H12F2/c1-3-5-21-7-9-22(10-8-21)23-12-14-24(15-13-23)26-17-16-25-18-20(4-2)6-11-27(25)19-26;1-3-4-8-6-5-7(2)9(11)10(8)12/h7-10,20,23-27H,3-6,11-19H2,1-2H3;5-6H,3-4H2,1-2H3. The molecule has 2 aromatic carbocycles. The Morgan fingerprint density at radius 2 is 1.21 bits per heavy atom. The van der Waals surface area contributed by atoms with Gasteiger partial charge in [-0.3, -0.25) is 0 Å². The van der Waals surface area contributed by atoms with Crippen LogP contribution in [0.4, 0.5) is 8.78 Å². The van der Waals surface area contributed by atoms with E-state index >= 15 is 0 Å². The molecule has 0 radical (unpaired) electrons. The van der Waals surface area contributed by atoms with Gasteiger partial charge in [0.05, 0.1) is 0 Å². The molecule has 0 N–H and O–H groups in total. The molecule has 0 heterocycles. The van der Waals surface area contributed by atoms with Crippen molar-refractivity contribution in [1.29, 1.82) is 0 Å². The van der Waals surface area contributed by atoms with Crippen molar-refractivity contribution in [1.82, 2.24) is 0 Å². The van der Waals surface area contributed by atoms with Gasteiger partial charge >= 0.3 is 0 Å². The molecule has 5 rings (SSSR count). The van der Waals surface area contributed by atoms with E-state index in [0.717, 1.165) is 41.9 Å². The summed E-state index contributed by atoms with van der Waals surface area (Å²) in [5, 5.41) is 0. The van der Waals surface area contributed by atoms with Crippen molar-refractivity contribution in [3.05, 3.63) is 70.3 Å². The quantitative estimate of drug-likeness (QED) is 0.330. The molecule has 2 heteroatoms. The highest BCUT2D eigenvalue weighted by atomic mass is 19.2. The summed E-state index contributed by atoms with van der Waals surface area (Å²) >= 11 is 0. The van der Waals surface area contributed by atoms with Gasteiger partial charge in [-0.15, -0.1) is 0 Å². The van der Waals surface area contributed by atoms with E-state index in [2.05, 4.69) is 38.1 Å². The van der Waals surface area contributed by atoms with E-state index in [-0.39, 0.29) is 0 Å². The Balaban J connectivity index is 0.000000247. The van der Waals surface area contributed by atoms with E-state index in [1.165, 1.54) is 56.9 Å². The van der Waals surface area contributed by atoms with Crippen molar-refractivity contribution in [3.8, 4) is 0 Å². The number of aryl methyl sites for hydroxylation is 3. The first-order valence-electron chi connectivity index (χ1n) is 16.5. The Bertz CT molecular complexity index is 1000. The largest absolute Gasteiger partial charge is 0.203 e. The van der Waals surface area contributed by atoms with Crippen LogP contribution in [0.1, 0.15) is 132 Å². The molecule has 4 atom stereocenters. The molecule has 216 valence electrons. The molecule has 4 unspecified atom stereocenters. The number of hydrogen-bond donors (Lipinski definition) is 0. The second-order valence-electron chi connectivity index (χ2n) is 13.2. The SMILES string of the molecule is CCCc1ccc(C)c(F)c1F.CCCc1ccc(C2CCC(C3CCC4CC(CC)CCC4C3)CC2)cc1. The summed E-state index contributed by atoms with van der Waals surface area (Å²) in [4.78, 5) is 0. The summed E-state index contributed by atoms with van der Waals surface area (Å²) in [5.74, 6) is 4.81. The van der Waals surface area contributed by atoms with Gasteiger partial charge in [0, 0.05) is 0 Å². The minimum Gasteiger partial charge on any atom is -0.203 e. The molecule has 0 amide bonds. The fourth-order valence-corrected chi connectivity index (χ4v) is 8.14. The van der Waals surface area contributed by atoms with E-state index in [0.29, 0.717) is 17.5 Å². The minimum absolute atomic E-state index is 0.368. The lowest BCUT2D eigenvalue weighted by Crippen LogP contribution is -2.34. The van der Waals surface area contributed by atoms with Crippen LogP contribution in [-0.2, 0) is 12.8 Å². The molecule has 3 aliphatic carbocycles. The monoisotopic (exact) mass is 536 g/mol. The lowest BCUT2D eigenvalue weighted by atomic mass is 9.60. The average Bonchev–Trinajstić information content (AvgIpc) is 2.98. The Morgan fingerprint density at radius 3 is 1.85 bits per heavy atom. The van der Waals surface area contributed by atoms with Gasteiger partial charge in [-0.25, -0.2) is 8.78 Å². The summed E-state index contributed by atoms with van der Waals surface area (Å²) in [6.45, 7) is 8.19. The minimum atomic E-state index is -0.707. The first kappa shape index (κ1) is 30.3. The van der Waals surface area contributed by atoms with Crippen LogP contribution in [0.5, 0.6) is 0 Å². The summed E-state index contributed by atoms with van der Waals surface area (Å²) in [6, 6.07) is 12.9. The van der Waals surface area contributed by atoms with Gasteiger partial charge in [0.1, 0.15) is 0 Å². The molecule has 39 heavy (non-hydrogen) atoms. The molecule has 0 aromatic heterocycles. The molecule has 0 saturated heterocycles. The highest BCUT2D eigenvalue weighted by Gasteiger charge is 2.38. The molecule has 2 aromatic rings. The highest BCUT2D eigenvalue weighted by Crippen LogP contribution is 2.50. The normalized spacial score (nSPS) is 28.8.